The minimum absolute atomic E-state index is 0.0914. The van der Waals surface area contributed by atoms with Crippen LogP contribution in [0.5, 0.6) is 11.5 Å². The molecule has 0 amide bonds. The Balaban J connectivity index is 1.82. The molecule has 3 rings (SSSR count). The van der Waals surface area contributed by atoms with Crippen molar-refractivity contribution in [2.75, 3.05) is 17.9 Å². The fourth-order valence-corrected chi connectivity index (χ4v) is 3.55. The lowest BCUT2D eigenvalue weighted by atomic mass is 10.2. The monoisotopic (exact) mass is 388 g/mol. The van der Waals surface area contributed by atoms with Crippen LogP contribution in [0.4, 0.5) is 5.69 Å². The van der Waals surface area contributed by atoms with E-state index in [1.165, 1.54) is 18.5 Å². The van der Waals surface area contributed by atoms with Gasteiger partial charge in [-0.1, -0.05) is 0 Å². The second-order valence-electron chi connectivity index (χ2n) is 5.52. The van der Waals surface area contributed by atoms with Crippen molar-refractivity contribution in [2.45, 2.75) is 18.7 Å². The van der Waals surface area contributed by atoms with E-state index in [-0.39, 0.29) is 4.90 Å². The van der Waals surface area contributed by atoms with Gasteiger partial charge < -0.3 is 13.9 Å². The number of hydrogen-bond donors (Lipinski definition) is 1. The molecule has 3 aromatic rings. The Morgan fingerprint density at radius 3 is 2.33 bits per heavy atom. The number of benzene rings is 2. The van der Waals surface area contributed by atoms with Gasteiger partial charge in [-0.05, 0) is 50.2 Å². The highest BCUT2D eigenvalue weighted by atomic mass is 32.2. The van der Waals surface area contributed by atoms with E-state index in [2.05, 4.69) is 9.71 Å². The number of nitrogens with zero attached hydrogens (tertiary/aromatic N) is 1. The number of sulfonamides is 1. The van der Waals surface area contributed by atoms with Gasteiger partial charge in [0.25, 0.3) is 10.0 Å². The van der Waals surface area contributed by atoms with Crippen molar-refractivity contribution in [3.63, 3.8) is 0 Å². The number of rotatable bonds is 8. The van der Waals surface area contributed by atoms with Crippen LogP contribution >= 0.6 is 0 Å². The number of oxazole rings is 1. The van der Waals surface area contributed by atoms with Gasteiger partial charge in [0.1, 0.15) is 0 Å². The molecular weight excluding hydrogens is 368 g/mol. The summed E-state index contributed by atoms with van der Waals surface area (Å²) in [6, 6.07) is 11.4. The van der Waals surface area contributed by atoms with Gasteiger partial charge in [0, 0.05) is 17.3 Å². The molecular formula is C19H20N2O5S. The molecule has 0 aliphatic rings. The molecule has 0 saturated carbocycles. The van der Waals surface area contributed by atoms with Gasteiger partial charge in [0.2, 0.25) is 0 Å². The molecule has 0 aliphatic heterocycles. The summed E-state index contributed by atoms with van der Waals surface area (Å²) in [4.78, 5) is 3.95. The summed E-state index contributed by atoms with van der Waals surface area (Å²) >= 11 is 0. The van der Waals surface area contributed by atoms with Gasteiger partial charge in [0.05, 0.1) is 24.3 Å². The largest absolute Gasteiger partial charge is 0.490 e. The van der Waals surface area contributed by atoms with E-state index in [9.17, 15) is 8.42 Å². The molecule has 0 radical (unpaired) electrons. The van der Waals surface area contributed by atoms with Crippen molar-refractivity contribution < 1.29 is 22.3 Å². The Morgan fingerprint density at radius 2 is 1.70 bits per heavy atom. The Kier molecular flexibility index (Phi) is 5.66. The third kappa shape index (κ3) is 4.40. The number of anilines is 1. The molecule has 0 bridgehead atoms. The molecule has 0 aliphatic carbocycles. The van der Waals surface area contributed by atoms with E-state index in [1.807, 2.05) is 13.8 Å². The second kappa shape index (κ2) is 8.13. The maximum Gasteiger partial charge on any atom is 0.262 e. The molecule has 0 saturated heterocycles. The number of ether oxygens (including phenoxy) is 2. The first-order valence-corrected chi connectivity index (χ1v) is 9.93. The zero-order valence-electron chi connectivity index (χ0n) is 15.0. The summed E-state index contributed by atoms with van der Waals surface area (Å²) in [6.07, 6.45) is 2.93. The molecule has 0 spiro atoms. The molecule has 1 aromatic heterocycles. The predicted octanol–water partition coefficient (Wildman–Crippen LogP) is 3.94. The van der Waals surface area contributed by atoms with E-state index in [0.29, 0.717) is 36.2 Å². The van der Waals surface area contributed by atoms with E-state index in [1.54, 1.807) is 36.5 Å². The predicted molar refractivity (Wildman–Crippen MR) is 102 cm³/mol. The maximum atomic E-state index is 12.7. The summed E-state index contributed by atoms with van der Waals surface area (Å²) < 4.78 is 44.2. The van der Waals surface area contributed by atoms with Crippen LogP contribution in [0.25, 0.3) is 11.3 Å². The number of hydrogen-bond acceptors (Lipinski definition) is 6. The van der Waals surface area contributed by atoms with Crippen LogP contribution < -0.4 is 14.2 Å². The van der Waals surface area contributed by atoms with Crippen LogP contribution in [0, 0.1) is 0 Å². The summed E-state index contributed by atoms with van der Waals surface area (Å²) in [5, 5.41) is 0. The second-order valence-corrected chi connectivity index (χ2v) is 7.21. The van der Waals surface area contributed by atoms with Crippen LogP contribution in [0.1, 0.15) is 13.8 Å². The minimum atomic E-state index is -3.77. The molecule has 0 atom stereocenters. The number of aromatic nitrogens is 1. The SMILES string of the molecule is CCOc1ccc(S(=O)(=O)Nc2ccc(-c3cnco3)cc2)cc1OCC. The van der Waals surface area contributed by atoms with Crippen molar-refractivity contribution in [1.29, 1.82) is 0 Å². The van der Waals surface area contributed by atoms with Gasteiger partial charge in [-0.15, -0.1) is 0 Å². The Bertz CT molecular complexity index is 983. The molecule has 1 N–H and O–H groups in total. The standard InChI is InChI=1S/C19H20N2O5S/c1-3-24-17-10-9-16(11-18(17)25-4-2)27(22,23)21-15-7-5-14(6-8-15)19-12-20-13-26-19/h5-13,21H,3-4H2,1-2H3. The molecule has 2 aromatic carbocycles. The van der Waals surface area contributed by atoms with Gasteiger partial charge >= 0.3 is 0 Å². The van der Waals surface area contributed by atoms with Crippen LogP contribution in [0.15, 0.2) is 64.4 Å². The molecule has 8 heteroatoms. The molecule has 0 fully saturated rings. The average Bonchev–Trinajstić information content (AvgIpc) is 3.18. The lowest BCUT2D eigenvalue weighted by Crippen LogP contribution is -2.13. The molecule has 1 heterocycles. The Labute approximate surface area is 158 Å². The summed E-state index contributed by atoms with van der Waals surface area (Å²) in [6.45, 7) is 4.54. The van der Waals surface area contributed by atoms with Gasteiger partial charge in [-0.2, -0.15) is 0 Å². The fraction of sp³-hybridized carbons (Fsp3) is 0.211. The zero-order chi connectivity index (χ0) is 19.3. The van der Waals surface area contributed by atoms with E-state index < -0.39 is 10.0 Å². The highest BCUT2D eigenvalue weighted by molar-refractivity contribution is 7.92. The van der Waals surface area contributed by atoms with Crippen molar-refractivity contribution in [3.05, 3.63) is 55.1 Å². The highest BCUT2D eigenvalue weighted by Crippen LogP contribution is 2.31. The maximum absolute atomic E-state index is 12.7. The molecule has 7 nitrogen and oxygen atoms in total. The summed E-state index contributed by atoms with van der Waals surface area (Å²) in [7, 11) is -3.77. The first kappa shape index (κ1) is 18.8. The minimum Gasteiger partial charge on any atom is -0.490 e. The normalized spacial score (nSPS) is 11.2. The average molecular weight is 388 g/mol. The summed E-state index contributed by atoms with van der Waals surface area (Å²) in [5.41, 5.74) is 1.24. The third-order valence-corrected chi connectivity index (χ3v) is 5.06. The topological polar surface area (TPSA) is 90.7 Å². The first-order chi connectivity index (χ1) is 13.0. The van der Waals surface area contributed by atoms with Crippen LogP contribution in [-0.2, 0) is 10.0 Å². The quantitative estimate of drug-likeness (QED) is 0.628. The van der Waals surface area contributed by atoms with Gasteiger partial charge in [-0.3, -0.25) is 4.72 Å². The van der Waals surface area contributed by atoms with E-state index in [0.717, 1.165) is 5.56 Å². The highest BCUT2D eigenvalue weighted by Gasteiger charge is 2.18. The van der Waals surface area contributed by atoms with Crippen molar-refractivity contribution in [1.82, 2.24) is 4.98 Å². The van der Waals surface area contributed by atoms with Gasteiger partial charge in [0.15, 0.2) is 23.7 Å². The van der Waals surface area contributed by atoms with Crippen LogP contribution in [0.2, 0.25) is 0 Å². The van der Waals surface area contributed by atoms with Crippen molar-refractivity contribution in [3.8, 4) is 22.8 Å². The van der Waals surface area contributed by atoms with Crippen molar-refractivity contribution >= 4 is 15.7 Å². The Morgan fingerprint density at radius 1 is 1.00 bits per heavy atom. The molecule has 0 unspecified atom stereocenters. The lowest BCUT2D eigenvalue weighted by molar-refractivity contribution is 0.287. The van der Waals surface area contributed by atoms with Crippen LogP contribution in [0.3, 0.4) is 0 Å². The fourth-order valence-electron chi connectivity index (χ4n) is 2.47. The van der Waals surface area contributed by atoms with Crippen molar-refractivity contribution in [2.24, 2.45) is 0 Å². The molecule has 27 heavy (non-hydrogen) atoms. The zero-order valence-corrected chi connectivity index (χ0v) is 15.8. The third-order valence-electron chi connectivity index (χ3n) is 3.68. The van der Waals surface area contributed by atoms with Gasteiger partial charge in [-0.25, -0.2) is 13.4 Å². The van der Waals surface area contributed by atoms with E-state index >= 15 is 0 Å². The van der Waals surface area contributed by atoms with E-state index in [4.69, 9.17) is 13.9 Å². The smallest absolute Gasteiger partial charge is 0.262 e. The number of nitrogens with one attached hydrogen (secondary N) is 1. The molecule has 142 valence electrons. The summed E-state index contributed by atoms with van der Waals surface area (Å²) in [5.74, 6) is 1.51. The van der Waals surface area contributed by atoms with Crippen LogP contribution in [-0.4, -0.2) is 26.6 Å². The first-order valence-electron chi connectivity index (χ1n) is 8.45. The Hall–Kier alpha value is -3.00. The lowest BCUT2D eigenvalue weighted by Gasteiger charge is -2.13.